The van der Waals surface area contributed by atoms with Crippen molar-refractivity contribution in [3.8, 4) is 6.07 Å². The van der Waals surface area contributed by atoms with Gasteiger partial charge in [-0.05, 0) is 37.6 Å². The largest absolute Gasteiger partial charge is 0.466 e. The van der Waals surface area contributed by atoms with Crippen LogP contribution in [0.1, 0.15) is 23.7 Å². The van der Waals surface area contributed by atoms with E-state index < -0.39 is 0 Å². The minimum atomic E-state index is -0.232. The molecular formula is C14H14N2O2. The summed E-state index contributed by atoms with van der Waals surface area (Å²) >= 11 is 0. The number of nitriles is 1. The molecule has 0 N–H and O–H groups in total. The number of hydrogen-bond donors (Lipinski definition) is 0. The van der Waals surface area contributed by atoms with Crippen molar-refractivity contribution in [1.82, 2.24) is 4.40 Å². The molecule has 0 amide bonds. The fraction of sp³-hybridized carbons (Fsp3) is 0.286. The molecule has 0 fully saturated rings. The van der Waals surface area contributed by atoms with Gasteiger partial charge in [-0.2, -0.15) is 5.26 Å². The van der Waals surface area contributed by atoms with Crippen LogP contribution in [0.25, 0.3) is 5.52 Å². The fourth-order valence-corrected chi connectivity index (χ4v) is 2.01. The van der Waals surface area contributed by atoms with Gasteiger partial charge in [0, 0.05) is 17.4 Å². The Morgan fingerprint density at radius 3 is 2.94 bits per heavy atom. The maximum atomic E-state index is 11.5. The van der Waals surface area contributed by atoms with Gasteiger partial charge in [0.25, 0.3) is 0 Å². The predicted molar refractivity (Wildman–Crippen MR) is 67.2 cm³/mol. The highest BCUT2D eigenvalue weighted by Gasteiger charge is 2.12. The van der Waals surface area contributed by atoms with Crippen molar-refractivity contribution < 1.29 is 9.53 Å². The first-order valence-electron chi connectivity index (χ1n) is 5.82. The van der Waals surface area contributed by atoms with Gasteiger partial charge in [0.2, 0.25) is 0 Å². The molecule has 0 bridgehead atoms. The van der Waals surface area contributed by atoms with Gasteiger partial charge in [-0.25, -0.2) is 0 Å². The van der Waals surface area contributed by atoms with Gasteiger partial charge in [-0.1, -0.05) is 0 Å². The lowest BCUT2D eigenvalue weighted by molar-refractivity contribution is -0.142. The van der Waals surface area contributed by atoms with E-state index in [1.807, 2.05) is 29.7 Å². The molecule has 2 heterocycles. The van der Waals surface area contributed by atoms with Gasteiger partial charge in [0.15, 0.2) is 0 Å². The molecule has 0 radical (unpaired) electrons. The number of nitrogens with zero attached hydrogens (tertiary/aromatic N) is 2. The van der Waals surface area contributed by atoms with Gasteiger partial charge in [-0.15, -0.1) is 0 Å². The molecule has 0 aliphatic carbocycles. The molecule has 0 spiro atoms. The molecule has 0 aliphatic rings. The zero-order chi connectivity index (χ0) is 13.1. The summed E-state index contributed by atoms with van der Waals surface area (Å²) in [5.74, 6) is -0.232. The second kappa shape index (κ2) is 4.92. The number of aromatic nitrogens is 1. The van der Waals surface area contributed by atoms with Crippen molar-refractivity contribution in [2.75, 3.05) is 6.61 Å². The summed E-state index contributed by atoms with van der Waals surface area (Å²) in [6.07, 6.45) is 2.06. The van der Waals surface area contributed by atoms with Crippen molar-refractivity contribution in [3.63, 3.8) is 0 Å². The number of hydrogen-bond acceptors (Lipinski definition) is 3. The summed E-state index contributed by atoms with van der Waals surface area (Å²) in [4.78, 5) is 11.5. The Morgan fingerprint density at radius 2 is 2.28 bits per heavy atom. The molecule has 4 heteroatoms. The molecule has 2 aromatic heterocycles. The van der Waals surface area contributed by atoms with Crippen LogP contribution in [-0.2, 0) is 16.0 Å². The Kier molecular flexibility index (Phi) is 3.33. The highest BCUT2D eigenvalue weighted by Crippen LogP contribution is 2.18. The second-order valence-electron chi connectivity index (χ2n) is 4.08. The molecule has 92 valence electrons. The van der Waals surface area contributed by atoms with E-state index in [2.05, 4.69) is 6.07 Å². The van der Waals surface area contributed by atoms with Crippen LogP contribution in [0.4, 0.5) is 0 Å². The lowest BCUT2D eigenvalue weighted by Gasteiger charge is -2.04. The van der Waals surface area contributed by atoms with Gasteiger partial charge in [0.05, 0.1) is 24.7 Å². The number of ether oxygens (including phenoxy) is 1. The summed E-state index contributed by atoms with van der Waals surface area (Å²) in [6.45, 7) is 4.13. The van der Waals surface area contributed by atoms with Gasteiger partial charge >= 0.3 is 5.97 Å². The normalized spacial score (nSPS) is 10.3. The van der Waals surface area contributed by atoms with E-state index in [-0.39, 0.29) is 12.4 Å². The van der Waals surface area contributed by atoms with Gasteiger partial charge < -0.3 is 9.14 Å². The molecule has 0 saturated carbocycles. The molecule has 18 heavy (non-hydrogen) atoms. The van der Waals surface area contributed by atoms with Crippen LogP contribution in [0.15, 0.2) is 24.4 Å². The third kappa shape index (κ3) is 2.21. The summed E-state index contributed by atoms with van der Waals surface area (Å²) in [7, 11) is 0. The Balaban J connectivity index is 2.42. The van der Waals surface area contributed by atoms with Crippen LogP contribution in [0, 0.1) is 18.3 Å². The van der Waals surface area contributed by atoms with E-state index in [1.165, 1.54) is 0 Å². The molecule has 0 saturated heterocycles. The number of carbonyl (C=O) groups is 1. The monoisotopic (exact) mass is 242 g/mol. The molecule has 2 aromatic rings. The summed E-state index contributed by atoms with van der Waals surface area (Å²) < 4.78 is 6.88. The van der Waals surface area contributed by atoms with E-state index in [0.29, 0.717) is 12.2 Å². The maximum absolute atomic E-state index is 11.5. The maximum Gasteiger partial charge on any atom is 0.311 e. The Bertz CT molecular complexity index is 635. The van der Waals surface area contributed by atoms with E-state index >= 15 is 0 Å². The van der Waals surface area contributed by atoms with Gasteiger partial charge in [-0.3, -0.25) is 4.79 Å². The van der Waals surface area contributed by atoms with Crippen LogP contribution in [0.3, 0.4) is 0 Å². The second-order valence-corrected chi connectivity index (χ2v) is 4.08. The SMILES string of the molecule is CCOC(=O)Cc1c(C)cc2cc(C#N)ccn12. The number of rotatable bonds is 3. The van der Waals surface area contributed by atoms with E-state index in [1.54, 1.807) is 13.0 Å². The van der Waals surface area contributed by atoms with Crippen molar-refractivity contribution in [2.24, 2.45) is 0 Å². The number of pyridine rings is 1. The first-order valence-corrected chi connectivity index (χ1v) is 5.82. The van der Waals surface area contributed by atoms with Crippen LogP contribution in [0.2, 0.25) is 0 Å². The summed E-state index contributed by atoms with van der Waals surface area (Å²) in [6, 6.07) is 7.62. The minimum absolute atomic E-state index is 0.232. The number of aryl methyl sites for hydroxylation is 1. The number of carbonyl (C=O) groups excluding carboxylic acids is 1. The lowest BCUT2D eigenvalue weighted by Crippen LogP contribution is -2.10. The highest BCUT2D eigenvalue weighted by atomic mass is 16.5. The zero-order valence-corrected chi connectivity index (χ0v) is 10.4. The van der Waals surface area contributed by atoms with Gasteiger partial charge in [0.1, 0.15) is 0 Å². The molecule has 0 aliphatic heterocycles. The first kappa shape index (κ1) is 12.2. The Hall–Kier alpha value is -2.28. The Morgan fingerprint density at radius 1 is 1.50 bits per heavy atom. The Labute approximate surface area is 105 Å². The number of esters is 1. The average Bonchev–Trinajstić information content (AvgIpc) is 2.65. The number of fused-ring (bicyclic) bond motifs is 1. The van der Waals surface area contributed by atoms with E-state index in [9.17, 15) is 4.79 Å². The molecule has 0 aromatic carbocycles. The van der Waals surface area contributed by atoms with E-state index in [4.69, 9.17) is 10.00 Å². The predicted octanol–water partition coefficient (Wildman–Crippen LogP) is 2.23. The van der Waals surface area contributed by atoms with Crippen LogP contribution in [0.5, 0.6) is 0 Å². The van der Waals surface area contributed by atoms with Crippen LogP contribution in [-0.4, -0.2) is 17.0 Å². The summed E-state index contributed by atoms with van der Waals surface area (Å²) in [5.41, 5.74) is 3.47. The highest BCUT2D eigenvalue weighted by molar-refractivity contribution is 5.73. The zero-order valence-electron chi connectivity index (χ0n) is 10.4. The third-order valence-electron chi connectivity index (χ3n) is 2.84. The van der Waals surface area contributed by atoms with Crippen molar-refractivity contribution in [3.05, 3.63) is 41.2 Å². The fourth-order valence-electron chi connectivity index (χ4n) is 2.01. The lowest BCUT2D eigenvalue weighted by atomic mass is 10.2. The third-order valence-corrected chi connectivity index (χ3v) is 2.84. The molecular weight excluding hydrogens is 228 g/mol. The molecule has 0 unspecified atom stereocenters. The van der Waals surface area contributed by atoms with E-state index in [0.717, 1.165) is 16.8 Å². The van der Waals surface area contributed by atoms with Crippen LogP contribution < -0.4 is 0 Å². The minimum Gasteiger partial charge on any atom is -0.466 e. The van der Waals surface area contributed by atoms with Crippen molar-refractivity contribution >= 4 is 11.5 Å². The topological polar surface area (TPSA) is 54.5 Å². The molecule has 4 nitrogen and oxygen atoms in total. The van der Waals surface area contributed by atoms with Crippen molar-refractivity contribution in [1.29, 1.82) is 5.26 Å². The smallest absolute Gasteiger partial charge is 0.311 e. The first-order chi connectivity index (χ1) is 8.65. The van der Waals surface area contributed by atoms with Crippen molar-refractivity contribution in [2.45, 2.75) is 20.3 Å². The average molecular weight is 242 g/mol. The standard InChI is InChI=1S/C14H14N2O2/c1-3-18-14(17)8-13-10(2)6-12-7-11(9-15)4-5-16(12)13/h4-7H,3,8H2,1-2H3. The summed E-state index contributed by atoms with van der Waals surface area (Å²) in [5, 5.41) is 8.86. The quantitative estimate of drug-likeness (QED) is 0.775. The molecule has 2 rings (SSSR count). The van der Waals surface area contributed by atoms with Crippen LogP contribution >= 0.6 is 0 Å². The molecule has 0 atom stereocenters.